The summed E-state index contributed by atoms with van der Waals surface area (Å²) in [4.78, 5) is 31.9. The van der Waals surface area contributed by atoms with Crippen molar-refractivity contribution in [1.82, 2.24) is 9.88 Å². The third kappa shape index (κ3) is 4.32. The molecule has 9 heteroatoms. The summed E-state index contributed by atoms with van der Waals surface area (Å²) in [5.74, 6) is -1.23. The van der Waals surface area contributed by atoms with Gasteiger partial charge in [0.2, 0.25) is 0 Å². The molecule has 1 aromatic heterocycles. The van der Waals surface area contributed by atoms with Crippen molar-refractivity contribution >= 4 is 40.7 Å². The number of pyridine rings is 1. The van der Waals surface area contributed by atoms with E-state index in [0.717, 1.165) is 0 Å². The minimum absolute atomic E-state index is 0.0926. The van der Waals surface area contributed by atoms with Crippen LogP contribution in [-0.2, 0) is 16.1 Å². The number of carbonyl (C=O) groups is 2. The molecule has 1 unspecified atom stereocenters. The molecule has 4 rings (SSSR count). The first-order valence-electron chi connectivity index (χ1n) is 10.2. The average Bonchev–Trinajstić information content (AvgIpc) is 3.10. The number of hydrogen-bond acceptors (Lipinski definition) is 6. The molecule has 1 atom stereocenters. The molecular formula is C25H20Cl2N2O5. The van der Waals surface area contributed by atoms with Crippen LogP contribution in [0, 0.1) is 0 Å². The van der Waals surface area contributed by atoms with E-state index < -0.39 is 17.7 Å². The van der Waals surface area contributed by atoms with Crippen LogP contribution >= 0.6 is 23.2 Å². The van der Waals surface area contributed by atoms with E-state index in [-0.39, 0.29) is 28.5 Å². The van der Waals surface area contributed by atoms with Gasteiger partial charge in [-0.05, 0) is 47.5 Å². The van der Waals surface area contributed by atoms with Crippen molar-refractivity contribution in [3.05, 3.63) is 93.2 Å². The van der Waals surface area contributed by atoms with Gasteiger partial charge in [-0.1, -0.05) is 35.3 Å². The van der Waals surface area contributed by atoms with Gasteiger partial charge in [-0.15, -0.1) is 0 Å². The van der Waals surface area contributed by atoms with Crippen LogP contribution in [0.2, 0.25) is 10.0 Å². The summed E-state index contributed by atoms with van der Waals surface area (Å²) in [7, 11) is 2.92. The van der Waals surface area contributed by atoms with Gasteiger partial charge in [0.25, 0.3) is 11.7 Å². The van der Waals surface area contributed by atoms with Crippen LogP contribution < -0.4 is 9.47 Å². The predicted molar refractivity (Wildman–Crippen MR) is 128 cm³/mol. The van der Waals surface area contributed by atoms with Gasteiger partial charge >= 0.3 is 0 Å². The number of aliphatic hydroxyl groups is 1. The Labute approximate surface area is 206 Å². The van der Waals surface area contributed by atoms with Crippen LogP contribution in [0.4, 0.5) is 0 Å². The summed E-state index contributed by atoms with van der Waals surface area (Å²) in [6, 6.07) is 12.2. The highest BCUT2D eigenvalue weighted by Gasteiger charge is 2.46. The van der Waals surface area contributed by atoms with Crippen molar-refractivity contribution in [2.75, 3.05) is 14.2 Å². The maximum atomic E-state index is 13.3. The van der Waals surface area contributed by atoms with Gasteiger partial charge < -0.3 is 19.5 Å². The van der Waals surface area contributed by atoms with Crippen LogP contribution in [0.1, 0.15) is 22.7 Å². The number of halogens is 2. The Hall–Kier alpha value is -3.55. The third-order valence-electron chi connectivity index (χ3n) is 5.54. The predicted octanol–water partition coefficient (Wildman–Crippen LogP) is 5.03. The van der Waals surface area contributed by atoms with E-state index in [4.69, 9.17) is 32.7 Å². The topological polar surface area (TPSA) is 89.0 Å². The molecule has 2 aromatic carbocycles. The number of ether oxygens (including phenoxy) is 2. The van der Waals surface area contributed by atoms with E-state index in [2.05, 4.69) is 4.98 Å². The van der Waals surface area contributed by atoms with Gasteiger partial charge in [0.05, 0.1) is 41.4 Å². The molecule has 1 aliphatic heterocycles. The highest BCUT2D eigenvalue weighted by atomic mass is 35.5. The molecule has 1 aliphatic rings. The van der Waals surface area contributed by atoms with E-state index in [0.29, 0.717) is 27.6 Å². The van der Waals surface area contributed by atoms with Gasteiger partial charge in [-0.2, -0.15) is 0 Å². The maximum Gasteiger partial charge on any atom is 0.295 e. The van der Waals surface area contributed by atoms with Crippen LogP contribution in [0.25, 0.3) is 5.76 Å². The van der Waals surface area contributed by atoms with E-state index in [1.54, 1.807) is 54.9 Å². The molecule has 7 nitrogen and oxygen atoms in total. The number of benzene rings is 2. The van der Waals surface area contributed by atoms with Crippen molar-refractivity contribution in [3.8, 4) is 11.5 Å². The van der Waals surface area contributed by atoms with Gasteiger partial charge in [0.1, 0.15) is 17.3 Å². The Kier molecular flexibility index (Phi) is 6.77. The summed E-state index contributed by atoms with van der Waals surface area (Å²) >= 11 is 12.4. The Balaban J connectivity index is 1.93. The number of rotatable bonds is 6. The largest absolute Gasteiger partial charge is 0.507 e. The zero-order valence-electron chi connectivity index (χ0n) is 18.3. The summed E-state index contributed by atoms with van der Waals surface area (Å²) in [5.41, 5.74) is 1.35. The van der Waals surface area contributed by atoms with Crippen molar-refractivity contribution < 1.29 is 24.2 Å². The number of likely N-dealkylation sites (tertiary alicyclic amines) is 1. The number of Topliss-reactive ketones (excluding diaryl/α,β-unsaturated/α-hetero) is 1. The molecule has 1 N–H and O–H groups in total. The lowest BCUT2D eigenvalue weighted by Crippen LogP contribution is -2.29. The second kappa shape index (κ2) is 9.75. The lowest BCUT2D eigenvalue weighted by atomic mass is 9.94. The first-order valence-corrected chi connectivity index (χ1v) is 11.0. The summed E-state index contributed by atoms with van der Waals surface area (Å²) < 4.78 is 10.6. The number of ketones is 1. The fraction of sp³-hybridized carbons (Fsp3) is 0.160. The number of nitrogens with zero attached hydrogens (tertiary/aromatic N) is 2. The second-order valence-corrected chi connectivity index (χ2v) is 8.34. The molecule has 34 heavy (non-hydrogen) atoms. The monoisotopic (exact) mass is 498 g/mol. The maximum absolute atomic E-state index is 13.3. The van der Waals surface area contributed by atoms with Gasteiger partial charge in [-0.3, -0.25) is 14.6 Å². The first kappa shape index (κ1) is 23.6. The molecule has 1 saturated heterocycles. The van der Waals surface area contributed by atoms with Crippen molar-refractivity contribution in [3.63, 3.8) is 0 Å². The first-order chi connectivity index (χ1) is 16.3. The quantitative estimate of drug-likeness (QED) is 0.291. The number of carbonyl (C=O) groups excluding carboxylic acids is 2. The Morgan fingerprint density at radius 3 is 2.50 bits per heavy atom. The lowest BCUT2D eigenvalue weighted by Gasteiger charge is -2.25. The lowest BCUT2D eigenvalue weighted by molar-refractivity contribution is -0.140. The highest BCUT2D eigenvalue weighted by Crippen LogP contribution is 2.43. The molecule has 1 amide bonds. The zero-order chi connectivity index (χ0) is 24.4. The normalized spacial score (nSPS) is 17.2. The van der Waals surface area contributed by atoms with Crippen LogP contribution in [-0.4, -0.2) is 40.9 Å². The molecule has 3 aromatic rings. The van der Waals surface area contributed by atoms with Crippen LogP contribution in [0.5, 0.6) is 11.5 Å². The minimum Gasteiger partial charge on any atom is -0.507 e. The Bertz CT molecular complexity index is 1290. The van der Waals surface area contributed by atoms with Crippen LogP contribution in [0.3, 0.4) is 0 Å². The minimum atomic E-state index is -0.925. The molecular weight excluding hydrogens is 479 g/mol. The molecule has 0 saturated carbocycles. The smallest absolute Gasteiger partial charge is 0.295 e. The van der Waals surface area contributed by atoms with Crippen molar-refractivity contribution in [2.24, 2.45) is 0 Å². The Morgan fingerprint density at radius 1 is 1.06 bits per heavy atom. The molecule has 0 aliphatic carbocycles. The molecule has 2 heterocycles. The molecule has 0 radical (unpaired) electrons. The second-order valence-electron chi connectivity index (χ2n) is 7.53. The standard InChI is InChI=1S/C25H20Cl2N2O5/c1-33-16-6-8-20(34-2)17(11-16)23(30)21-22(15-5-7-18(26)19(27)10-15)29(25(32)24(21)31)13-14-4-3-9-28-12-14/h3-12,22,30H,13H2,1-2H3/b23-21+. The summed E-state index contributed by atoms with van der Waals surface area (Å²) in [5, 5.41) is 11.9. The molecule has 0 spiro atoms. The van der Waals surface area contributed by atoms with Crippen LogP contribution in [0.15, 0.2) is 66.5 Å². The number of aliphatic hydroxyl groups excluding tert-OH is 1. The van der Waals surface area contributed by atoms with E-state index >= 15 is 0 Å². The number of amides is 1. The molecule has 174 valence electrons. The van der Waals surface area contributed by atoms with E-state index in [1.807, 2.05) is 0 Å². The fourth-order valence-electron chi connectivity index (χ4n) is 3.90. The van der Waals surface area contributed by atoms with Gasteiger partial charge in [-0.25, -0.2) is 0 Å². The Morgan fingerprint density at radius 2 is 1.85 bits per heavy atom. The van der Waals surface area contributed by atoms with Crippen molar-refractivity contribution in [2.45, 2.75) is 12.6 Å². The van der Waals surface area contributed by atoms with E-state index in [9.17, 15) is 14.7 Å². The van der Waals surface area contributed by atoms with Gasteiger partial charge in [0.15, 0.2) is 0 Å². The highest BCUT2D eigenvalue weighted by molar-refractivity contribution is 6.46. The number of hydrogen-bond donors (Lipinski definition) is 1. The fourth-order valence-corrected chi connectivity index (χ4v) is 4.21. The zero-order valence-corrected chi connectivity index (χ0v) is 19.8. The average molecular weight is 499 g/mol. The number of aromatic nitrogens is 1. The molecule has 0 bridgehead atoms. The van der Waals surface area contributed by atoms with Gasteiger partial charge in [0, 0.05) is 18.9 Å². The number of methoxy groups -OCH3 is 2. The summed E-state index contributed by atoms with van der Waals surface area (Å²) in [6.45, 7) is 0.0926. The van der Waals surface area contributed by atoms with Crippen molar-refractivity contribution in [1.29, 1.82) is 0 Å². The third-order valence-corrected chi connectivity index (χ3v) is 6.28. The molecule has 1 fully saturated rings. The summed E-state index contributed by atoms with van der Waals surface area (Å²) in [6.07, 6.45) is 3.22. The van der Waals surface area contributed by atoms with E-state index in [1.165, 1.54) is 25.2 Å². The SMILES string of the molecule is COc1ccc(OC)c(/C(O)=C2\C(=O)C(=O)N(Cc3cccnc3)C2c2ccc(Cl)c(Cl)c2)c1.